The standard InChI is InChI=1S/C17H22O6/c1-5-6-9-17(15(19)22-3,16(20)23-4)10-7-8-12-11-13(12)14(18)21-2/h7-8,12-13H,9-11H2,1-4H3/b8-7+/t12-,13+/m1/s1. The molecule has 1 rings (SSSR count). The number of carbonyl (C=O) groups is 3. The summed E-state index contributed by atoms with van der Waals surface area (Å²) in [6.45, 7) is 1.63. The number of methoxy groups -OCH3 is 3. The van der Waals surface area contributed by atoms with Crippen molar-refractivity contribution in [2.45, 2.75) is 26.2 Å². The lowest BCUT2D eigenvalue weighted by molar-refractivity contribution is -0.168. The first-order chi connectivity index (χ1) is 11.0. The summed E-state index contributed by atoms with van der Waals surface area (Å²) in [6, 6.07) is 0. The number of hydrogen-bond donors (Lipinski definition) is 0. The number of allylic oxidation sites excluding steroid dienone is 2. The van der Waals surface area contributed by atoms with Crippen molar-refractivity contribution in [3.05, 3.63) is 12.2 Å². The molecule has 0 amide bonds. The number of carbonyl (C=O) groups excluding carboxylic acids is 3. The van der Waals surface area contributed by atoms with Crippen LogP contribution >= 0.6 is 0 Å². The molecule has 0 aliphatic heterocycles. The van der Waals surface area contributed by atoms with Gasteiger partial charge < -0.3 is 14.2 Å². The normalized spacial score (nSPS) is 19.5. The Kier molecular flexibility index (Phi) is 6.83. The lowest BCUT2D eigenvalue weighted by Gasteiger charge is -2.24. The number of hydrogen-bond acceptors (Lipinski definition) is 6. The Balaban J connectivity index is 2.87. The average Bonchev–Trinajstić information content (AvgIpc) is 3.35. The molecule has 0 aromatic carbocycles. The second-order valence-corrected chi connectivity index (χ2v) is 5.33. The van der Waals surface area contributed by atoms with Crippen LogP contribution in [0.25, 0.3) is 0 Å². The van der Waals surface area contributed by atoms with E-state index in [1.165, 1.54) is 21.3 Å². The highest BCUT2D eigenvalue weighted by molar-refractivity contribution is 6.00. The van der Waals surface area contributed by atoms with E-state index in [-0.39, 0.29) is 30.6 Å². The van der Waals surface area contributed by atoms with E-state index >= 15 is 0 Å². The largest absolute Gasteiger partial charge is 0.469 e. The van der Waals surface area contributed by atoms with Crippen molar-refractivity contribution < 1.29 is 28.6 Å². The maximum absolute atomic E-state index is 12.2. The molecule has 0 aromatic heterocycles. The van der Waals surface area contributed by atoms with Gasteiger partial charge in [-0.3, -0.25) is 14.4 Å². The average molecular weight is 322 g/mol. The zero-order valence-corrected chi connectivity index (χ0v) is 13.9. The molecular formula is C17H22O6. The minimum Gasteiger partial charge on any atom is -0.469 e. The molecule has 0 saturated heterocycles. The van der Waals surface area contributed by atoms with Crippen LogP contribution in [0.2, 0.25) is 0 Å². The second kappa shape index (κ2) is 8.37. The Hall–Kier alpha value is -2.29. The topological polar surface area (TPSA) is 78.9 Å². The molecule has 1 fully saturated rings. The van der Waals surface area contributed by atoms with E-state index in [0.717, 1.165) is 0 Å². The molecule has 0 aromatic rings. The van der Waals surface area contributed by atoms with Gasteiger partial charge >= 0.3 is 17.9 Å². The summed E-state index contributed by atoms with van der Waals surface area (Å²) < 4.78 is 14.2. The predicted octanol–water partition coefficient (Wildman–Crippen LogP) is 1.49. The number of esters is 3. The molecule has 23 heavy (non-hydrogen) atoms. The zero-order valence-electron chi connectivity index (χ0n) is 13.9. The summed E-state index contributed by atoms with van der Waals surface area (Å²) >= 11 is 0. The Morgan fingerprint density at radius 3 is 2.22 bits per heavy atom. The third-order valence-electron chi connectivity index (χ3n) is 3.91. The quantitative estimate of drug-likeness (QED) is 0.232. The molecule has 0 bridgehead atoms. The van der Waals surface area contributed by atoms with E-state index < -0.39 is 17.4 Å². The van der Waals surface area contributed by atoms with Crippen LogP contribution in [0.3, 0.4) is 0 Å². The Bertz CT molecular complexity index is 535. The highest BCUT2D eigenvalue weighted by atomic mass is 16.5. The van der Waals surface area contributed by atoms with Gasteiger partial charge in [-0.25, -0.2) is 0 Å². The zero-order chi connectivity index (χ0) is 17.5. The van der Waals surface area contributed by atoms with Crippen LogP contribution < -0.4 is 0 Å². The van der Waals surface area contributed by atoms with Gasteiger partial charge in [-0.1, -0.05) is 12.2 Å². The van der Waals surface area contributed by atoms with Crippen molar-refractivity contribution in [3.8, 4) is 11.8 Å². The van der Waals surface area contributed by atoms with E-state index in [0.29, 0.717) is 6.42 Å². The van der Waals surface area contributed by atoms with Crippen molar-refractivity contribution in [3.63, 3.8) is 0 Å². The highest BCUT2D eigenvalue weighted by Crippen LogP contribution is 2.41. The van der Waals surface area contributed by atoms with Crippen LogP contribution in [-0.4, -0.2) is 39.2 Å². The maximum Gasteiger partial charge on any atom is 0.324 e. The third kappa shape index (κ3) is 4.35. The first-order valence-corrected chi connectivity index (χ1v) is 7.27. The fourth-order valence-electron chi connectivity index (χ4n) is 2.39. The first-order valence-electron chi connectivity index (χ1n) is 7.27. The highest BCUT2D eigenvalue weighted by Gasteiger charge is 2.47. The predicted molar refractivity (Wildman–Crippen MR) is 81.9 cm³/mol. The molecule has 2 atom stereocenters. The van der Waals surface area contributed by atoms with E-state index in [1.807, 2.05) is 6.08 Å². The molecule has 1 aliphatic rings. The molecule has 0 unspecified atom stereocenters. The van der Waals surface area contributed by atoms with Gasteiger partial charge in [-0.05, 0) is 25.7 Å². The van der Waals surface area contributed by atoms with Crippen molar-refractivity contribution in [2.24, 2.45) is 17.3 Å². The van der Waals surface area contributed by atoms with Gasteiger partial charge in [0.2, 0.25) is 0 Å². The molecule has 6 heteroatoms. The minimum absolute atomic E-state index is 0.0122. The summed E-state index contributed by atoms with van der Waals surface area (Å²) in [7, 11) is 3.79. The summed E-state index contributed by atoms with van der Waals surface area (Å²) in [5.74, 6) is 3.74. The second-order valence-electron chi connectivity index (χ2n) is 5.33. The van der Waals surface area contributed by atoms with Crippen molar-refractivity contribution in [2.75, 3.05) is 21.3 Å². The fraction of sp³-hybridized carbons (Fsp3) is 0.588. The molecule has 126 valence electrons. The lowest BCUT2D eigenvalue weighted by atomic mass is 9.81. The van der Waals surface area contributed by atoms with E-state index in [4.69, 9.17) is 9.47 Å². The van der Waals surface area contributed by atoms with Crippen LogP contribution in [-0.2, 0) is 28.6 Å². The van der Waals surface area contributed by atoms with E-state index in [9.17, 15) is 14.4 Å². The van der Waals surface area contributed by atoms with Crippen molar-refractivity contribution >= 4 is 17.9 Å². The first kappa shape index (κ1) is 18.8. The Morgan fingerprint density at radius 2 is 1.74 bits per heavy atom. The lowest BCUT2D eigenvalue weighted by Crippen LogP contribution is -2.40. The van der Waals surface area contributed by atoms with Gasteiger partial charge in [0, 0.05) is 6.42 Å². The summed E-state index contributed by atoms with van der Waals surface area (Å²) in [4.78, 5) is 35.7. The van der Waals surface area contributed by atoms with Gasteiger partial charge in [0.15, 0.2) is 5.41 Å². The smallest absolute Gasteiger partial charge is 0.324 e. The van der Waals surface area contributed by atoms with Crippen LogP contribution in [0.1, 0.15) is 26.2 Å². The van der Waals surface area contributed by atoms with Crippen LogP contribution in [0.15, 0.2) is 12.2 Å². The van der Waals surface area contributed by atoms with Gasteiger partial charge in [-0.2, -0.15) is 0 Å². The van der Waals surface area contributed by atoms with Gasteiger partial charge in [-0.15, -0.1) is 11.8 Å². The Morgan fingerprint density at radius 1 is 1.13 bits per heavy atom. The number of ether oxygens (including phenoxy) is 3. The summed E-state index contributed by atoms with van der Waals surface area (Å²) in [5, 5.41) is 0. The maximum atomic E-state index is 12.2. The van der Waals surface area contributed by atoms with Gasteiger partial charge in [0.25, 0.3) is 0 Å². The monoisotopic (exact) mass is 322 g/mol. The van der Waals surface area contributed by atoms with Crippen molar-refractivity contribution in [1.82, 2.24) is 0 Å². The molecule has 0 spiro atoms. The van der Waals surface area contributed by atoms with E-state index in [2.05, 4.69) is 16.6 Å². The summed E-state index contributed by atoms with van der Waals surface area (Å²) in [5.41, 5.74) is -1.49. The third-order valence-corrected chi connectivity index (χ3v) is 3.91. The van der Waals surface area contributed by atoms with Gasteiger partial charge in [0.05, 0.1) is 27.2 Å². The fourth-order valence-corrected chi connectivity index (χ4v) is 2.39. The van der Waals surface area contributed by atoms with Crippen LogP contribution in [0.5, 0.6) is 0 Å². The number of rotatable bonds is 7. The SMILES string of the molecule is CC#CCC(C/C=C/[C@@H]1C[C@@H]1C(=O)OC)(C(=O)OC)C(=O)OC. The van der Waals surface area contributed by atoms with E-state index in [1.54, 1.807) is 13.0 Å². The molecule has 1 saturated carbocycles. The molecule has 0 heterocycles. The minimum atomic E-state index is -1.49. The van der Waals surface area contributed by atoms with Crippen LogP contribution in [0, 0.1) is 29.1 Å². The molecule has 1 aliphatic carbocycles. The van der Waals surface area contributed by atoms with Gasteiger partial charge in [0.1, 0.15) is 0 Å². The molecule has 0 radical (unpaired) electrons. The molecular weight excluding hydrogens is 300 g/mol. The Labute approximate surface area is 136 Å². The van der Waals surface area contributed by atoms with Crippen LogP contribution in [0.4, 0.5) is 0 Å². The molecule has 6 nitrogen and oxygen atoms in total. The summed E-state index contributed by atoms with van der Waals surface area (Å²) in [6.07, 6.45) is 4.35. The molecule has 0 N–H and O–H groups in total. The van der Waals surface area contributed by atoms with Crippen molar-refractivity contribution in [1.29, 1.82) is 0 Å².